The van der Waals surface area contributed by atoms with Gasteiger partial charge in [-0.25, -0.2) is 18.2 Å². The minimum atomic E-state index is -4.60. The van der Waals surface area contributed by atoms with Crippen LogP contribution in [0, 0.1) is 0 Å². The fourth-order valence-corrected chi connectivity index (χ4v) is 3.21. The topological polar surface area (TPSA) is 77.2 Å². The van der Waals surface area contributed by atoms with Crippen LogP contribution < -0.4 is 5.63 Å². The predicted octanol–water partition coefficient (Wildman–Crippen LogP) is 3.28. The zero-order valence-electron chi connectivity index (χ0n) is 12.7. The molecule has 0 saturated carbocycles. The molecule has 0 spiro atoms. The molecule has 0 unspecified atom stereocenters. The van der Waals surface area contributed by atoms with Crippen LogP contribution in [-0.2, 0) is 16.0 Å². The Morgan fingerprint density at radius 2 is 1.76 bits per heavy atom. The fourth-order valence-electron chi connectivity index (χ4n) is 2.33. The quantitative estimate of drug-likeness (QED) is 0.693. The third-order valence-corrected chi connectivity index (χ3v) is 4.63. The molecular formula is C16H10F3NO4S. The monoisotopic (exact) mass is 369 g/mol. The van der Waals surface area contributed by atoms with E-state index in [-0.39, 0.29) is 27.3 Å². The lowest BCUT2D eigenvalue weighted by atomic mass is 10.1. The van der Waals surface area contributed by atoms with Gasteiger partial charge in [-0.05, 0) is 30.3 Å². The average Bonchev–Trinajstić information content (AvgIpc) is 2.52. The first-order valence-corrected chi connectivity index (χ1v) is 8.78. The lowest BCUT2D eigenvalue weighted by Crippen LogP contribution is -2.09. The third kappa shape index (κ3) is 3.27. The van der Waals surface area contributed by atoms with E-state index in [2.05, 4.69) is 4.98 Å². The smallest absolute Gasteiger partial charge is 0.403 e. The minimum absolute atomic E-state index is 0.00131. The van der Waals surface area contributed by atoms with Crippen molar-refractivity contribution in [1.29, 1.82) is 0 Å². The van der Waals surface area contributed by atoms with Crippen molar-refractivity contribution < 1.29 is 26.0 Å². The van der Waals surface area contributed by atoms with Gasteiger partial charge in [-0.1, -0.05) is 12.1 Å². The van der Waals surface area contributed by atoms with Gasteiger partial charge in [-0.2, -0.15) is 13.2 Å². The van der Waals surface area contributed by atoms with Crippen molar-refractivity contribution in [2.75, 3.05) is 6.26 Å². The van der Waals surface area contributed by atoms with E-state index in [9.17, 15) is 26.4 Å². The van der Waals surface area contributed by atoms with E-state index in [1.165, 1.54) is 24.3 Å². The van der Waals surface area contributed by atoms with Crippen molar-refractivity contribution in [1.82, 2.24) is 4.98 Å². The summed E-state index contributed by atoms with van der Waals surface area (Å²) in [5.74, 6) is -0.363. The number of benzene rings is 2. The lowest BCUT2D eigenvalue weighted by Gasteiger charge is -2.09. The van der Waals surface area contributed by atoms with E-state index < -0.39 is 27.2 Å². The van der Waals surface area contributed by atoms with E-state index in [1.807, 2.05) is 0 Å². The van der Waals surface area contributed by atoms with Crippen LogP contribution in [0.5, 0.6) is 0 Å². The molecule has 25 heavy (non-hydrogen) atoms. The molecule has 0 aliphatic heterocycles. The Bertz CT molecular complexity index is 1130. The van der Waals surface area contributed by atoms with Crippen LogP contribution in [0.4, 0.5) is 13.2 Å². The molecule has 0 aliphatic rings. The van der Waals surface area contributed by atoms with Gasteiger partial charge in [0.25, 0.3) is 0 Å². The van der Waals surface area contributed by atoms with Gasteiger partial charge in [0.15, 0.2) is 9.84 Å². The van der Waals surface area contributed by atoms with E-state index in [4.69, 9.17) is 4.42 Å². The van der Waals surface area contributed by atoms with Crippen LogP contribution in [0.15, 0.2) is 56.6 Å². The van der Waals surface area contributed by atoms with Crippen molar-refractivity contribution in [3.63, 3.8) is 0 Å². The summed E-state index contributed by atoms with van der Waals surface area (Å²) in [6.07, 6.45) is -3.64. The molecule has 5 nitrogen and oxygen atoms in total. The highest BCUT2D eigenvalue weighted by Crippen LogP contribution is 2.31. The van der Waals surface area contributed by atoms with E-state index in [0.717, 1.165) is 24.5 Å². The molecule has 0 aliphatic carbocycles. The zero-order valence-corrected chi connectivity index (χ0v) is 13.5. The van der Waals surface area contributed by atoms with Crippen molar-refractivity contribution >= 4 is 20.7 Å². The van der Waals surface area contributed by atoms with E-state index in [1.54, 1.807) is 0 Å². The Labute approximate surface area is 139 Å². The van der Waals surface area contributed by atoms with Gasteiger partial charge in [0.05, 0.1) is 26.9 Å². The maximum atomic E-state index is 12.9. The molecule has 130 valence electrons. The van der Waals surface area contributed by atoms with Crippen molar-refractivity contribution in [2.24, 2.45) is 0 Å². The number of sulfone groups is 1. The van der Waals surface area contributed by atoms with Crippen LogP contribution in [0.25, 0.3) is 22.4 Å². The number of halogens is 3. The molecule has 0 atom stereocenters. The third-order valence-electron chi connectivity index (χ3n) is 3.47. The average molecular weight is 369 g/mol. The molecule has 0 saturated heterocycles. The molecule has 2 aromatic carbocycles. The van der Waals surface area contributed by atoms with Crippen LogP contribution in [0.3, 0.4) is 0 Å². The number of hydrogen-bond acceptors (Lipinski definition) is 5. The Morgan fingerprint density at radius 3 is 2.40 bits per heavy atom. The number of aromatic nitrogens is 1. The highest BCUT2D eigenvalue weighted by Gasteiger charge is 2.31. The van der Waals surface area contributed by atoms with Crippen LogP contribution >= 0.6 is 0 Å². The maximum Gasteiger partial charge on any atom is 0.416 e. The van der Waals surface area contributed by atoms with Gasteiger partial charge < -0.3 is 4.42 Å². The normalized spacial score (nSPS) is 12.5. The first-order chi connectivity index (χ1) is 11.6. The van der Waals surface area contributed by atoms with Crippen LogP contribution in [0.2, 0.25) is 0 Å². The zero-order chi connectivity index (χ0) is 18.4. The summed E-state index contributed by atoms with van der Waals surface area (Å²) in [5, 5.41) is -0.131. The summed E-state index contributed by atoms with van der Waals surface area (Å²) in [6, 6.07) is 8.08. The van der Waals surface area contributed by atoms with Gasteiger partial charge in [0.2, 0.25) is 5.89 Å². The Hall–Kier alpha value is -2.68. The second kappa shape index (κ2) is 5.69. The second-order valence-electron chi connectivity index (χ2n) is 5.30. The van der Waals surface area contributed by atoms with E-state index >= 15 is 0 Å². The summed E-state index contributed by atoms with van der Waals surface area (Å²) < 4.78 is 67.3. The Kier molecular flexibility index (Phi) is 3.91. The fraction of sp³-hybridized carbons (Fsp3) is 0.125. The lowest BCUT2D eigenvalue weighted by molar-refractivity contribution is -0.137. The Balaban J connectivity index is 2.31. The summed E-state index contributed by atoms with van der Waals surface area (Å²) in [4.78, 5) is 15.8. The summed E-state index contributed by atoms with van der Waals surface area (Å²) in [6.45, 7) is 0. The van der Waals surface area contributed by atoms with Crippen molar-refractivity contribution in [2.45, 2.75) is 11.1 Å². The largest absolute Gasteiger partial charge is 0.416 e. The SMILES string of the molecule is CS(=O)(=O)c1ccccc1-c1nc2cc(C(F)(F)F)ccc2c(=O)o1. The summed E-state index contributed by atoms with van der Waals surface area (Å²) >= 11 is 0. The van der Waals surface area contributed by atoms with Gasteiger partial charge in [0.1, 0.15) is 0 Å². The van der Waals surface area contributed by atoms with Crippen LogP contribution in [0.1, 0.15) is 5.56 Å². The molecule has 0 radical (unpaired) electrons. The standard InChI is InChI=1S/C16H10F3NO4S/c1-25(22,23)13-5-3-2-4-11(13)14-20-12-8-9(16(17,18)19)6-7-10(12)15(21)24-14/h2-8H,1H3. The van der Waals surface area contributed by atoms with Gasteiger partial charge in [-0.3, -0.25) is 0 Å². The number of fused-ring (bicyclic) bond motifs is 1. The maximum absolute atomic E-state index is 12.9. The predicted molar refractivity (Wildman–Crippen MR) is 83.8 cm³/mol. The Morgan fingerprint density at radius 1 is 1.08 bits per heavy atom. The van der Waals surface area contributed by atoms with E-state index in [0.29, 0.717) is 0 Å². The molecule has 1 heterocycles. The van der Waals surface area contributed by atoms with Gasteiger partial charge >= 0.3 is 11.8 Å². The molecule has 3 aromatic rings. The van der Waals surface area contributed by atoms with Crippen molar-refractivity contribution in [3.05, 3.63) is 58.4 Å². The molecule has 1 aromatic heterocycles. The molecule has 0 fully saturated rings. The summed E-state index contributed by atoms with van der Waals surface area (Å²) in [7, 11) is -3.66. The van der Waals surface area contributed by atoms with Gasteiger partial charge in [-0.15, -0.1) is 0 Å². The molecule has 9 heteroatoms. The minimum Gasteiger partial charge on any atom is -0.403 e. The molecule has 0 bridgehead atoms. The first kappa shape index (κ1) is 17.2. The highest BCUT2D eigenvalue weighted by atomic mass is 32.2. The number of hydrogen-bond donors (Lipinski definition) is 0. The first-order valence-electron chi connectivity index (χ1n) is 6.89. The van der Waals surface area contributed by atoms with Crippen LogP contribution in [-0.4, -0.2) is 19.7 Å². The molecule has 0 N–H and O–H groups in total. The second-order valence-corrected chi connectivity index (χ2v) is 7.29. The summed E-state index contributed by atoms with van der Waals surface area (Å²) in [5.41, 5.74) is -2.11. The number of rotatable bonds is 2. The molecular weight excluding hydrogens is 359 g/mol. The molecule has 0 amide bonds. The van der Waals surface area contributed by atoms with Crippen molar-refractivity contribution in [3.8, 4) is 11.5 Å². The highest BCUT2D eigenvalue weighted by molar-refractivity contribution is 7.90. The number of alkyl halides is 3. The molecule has 3 rings (SSSR count). The number of nitrogens with zero attached hydrogens (tertiary/aromatic N) is 1. The van der Waals surface area contributed by atoms with Gasteiger partial charge in [0, 0.05) is 6.26 Å².